The number of carbonyl (C=O) groups is 1. The van der Waals surface area contributed by atoms with Gasteiger partial charge in [0, 0.05) is 18.5 Å². The highest BCUT2D eigenvalue weighted by atomic mass is 32.2. The van der Waals surface area contributed by atoms with Crippen LogP contribution in [-0.2, 0) is 11.8 Å². The molecule has 0 aliphatic rings. The van der Waals surface area contributed by atoms with Crippen molar-refractivity contribution >= 4 is 34.3 Å². The summed E-state index contributed by atoms with van der Waals surface area (Å²) in [6, 6.07) is 12.8. The molecule has 1 amide bonds. The number of benzene rings is 2. The van der Waals surface area contributed by atoms with E-state index in [1.54, 1.807) is 44.1 Å². The number of anilines is 1. The SMILES string of the molecule is COc1ccc(OC)c(NC(=O)CSc2nnc(-c3cc4cccc(OC)c4o3)n2C)c1. The molecule has 0 spiro atoms. The number of nitrogens with zero attached hydrogens (tertiary/aromatic N) is 3. The third-order valence-corrected chi connectivity index (χ3v) is 5.82. The second kappa shape index (κ2) is 9.23. The Labute approximate surface area is 188 Å². The van der Waals surface area contributed by atoms with E-state index in [2.05, 4.69) is 15.5 Å². The number of carbonyl (C=O) groups excluding carboxylic acids is 1. The van der Waals surface area contributed by atoms with Gasteiger partial charge in [0.05, 0.1) is 32.8 Å². The van der Waals surface area contributed by atoms with Crippen LogP contribution in [0.3, 0.4) is 0 Å². The first-order chi connectivity index (χ1) is 15.5. The molecule has 2 aromatic heterocycles. The third kappa shape index (κ3) is 4.22. The molecule has 0 aliphatic heterocycles. The van der Waals surface area contributed by atoms with Crippen LogP contribution < -0.4 is 19.5 Å². The van der Waals surface area contributed by atoms with Gasteiger partial charge in [0.1, 0.15) is 11.5 Å². The Morgan fingerprint density at radius 3 is 2.62 bits per heavy atom. The largest absolute Gasteiger partial charge is 0.497 e. The number of furan rings is 1. The topological polar surface area (TPSA) is 101 Å². The third-order valence-electron chi connectivity index (χ3n) is 4.80. The van der Waals surface area contributed by atoms with Crippen molar-refractivity contribution in [2.75, 3.05) is 32.4 Å². The summed E-state index contributed by atoms with van der Waals surface area (Å²) >= 11 is 1.27. The van der Waals surface area contributed by atoms with Gasteiger partial charge in [-0.15, -0.1) is 10.2 Å². The van der Waals surface area contributed by atoms with Crippen LogP contribution in [-0.4, -0.2) is 47.8 Å². The fourth-order valence-corrected chi connectivity index (χ4v) is 3.90. The molecule has 0 radical (unpaired) electrons. The summed E-state index contributed by atoms with van der Waals surface area (Å²) in [4.78, 5) is 12.5. The standard InChI is InChI=1S/C22H22N4O5S/c1-26-21(18-10-13-6-5-7-17(30-4)20(13)31-18)24-25-22(26)32-12-19(27)23-15-11-14(28-2)8-9-16(15)29-3/h5-11H,12H2,1-4H3,(H,23,27). The molecular formula is C22H22N4O5S. The lowest BCUT2D eigenvalue weighted by Crippen LogP contribution is -2.15. The monoisotopic (exact) mass is 454 g/mol. The first-order valence-corrected chi connectivity index (χ1v) is 10.6. The zero-order chi connectivity index (χ0) is 22.7. The zero-order valence-corrected chi connectivity index (χ0v) is 18.9. The minimum Gasteiger partial charge on any atom is -0.497 e. The van der Waals surface area contributed by atoms with Crippen LogP contribution in [0.2, 0.25) is 0 Å². The van der Waals surface area contributed by atoms with E-state index < -0.39 is 0 Å². The second-order valence-corrected chi connectivity index (χ2v) is 7.70. The summed E-state index contributed by atoms with van der Waals surface area (Å²) < 4.78 is 23.6. The van der Waals surface area contributed by atoms with E-state index in [0.29, 0.717) is 45.3 Å². The number of amides is 1. The number of fused-ring (bicyclic) bond motifs is 1. The van der Waals surface area contributed by atoms with Gasteiger partial charge in [0.25, 0.3) is 0 Å². The summed E-state index contributed by atoms with van der Waals surface area (Å²) in [7, 11) is 6.53. The molecule has 1 N–H and O–H groups in total. The van der Waals surface area contributed by atoms with Crippen LogP contribution >= 0.6 is 11.8 Å². The van der Waals surface area contributed by atoms with E-state index in [0.717, 1.165) is 5.39 Å². The lowest BCUT2D eigenvalue weighted by atomic mass is 10.2. The summed E-state index contributed by atoms with van der Waals surface area (Å²) in [6.07, 6.45) is 0. The van der Waals surface area contributed by atoms with E-state index >= 15 is 0 Å². The maximum Gasteiger partial charge on any atom is 0.234 e. The summed E-state index contributed by atoms with van der Waals surface area (Å²) in [6.45, 7) is 0. The van der Waals surface area contributed by atoms with Crippen molar-refractivity contribution in [2.24, 2.45) is 7.05 Å². The van der Waals surface area contributed by atoms with E-state index in [1.165, 1.54) is 11.8 Å². The molecule has 0 saturated heterocycles. The molecule has 166 valence electrons. The van der Waals surface area contributed by atoms with Crippen molar-refractivity contribution in [1.82, 2.24) is 14.8 Å². The smallest absolute Gasteiger partial charge is 0.234 e. The molecule has 0 atom stereocenters. The molecule has 2 heterocycles. The van der Waals surface area contributed by atoms with Crippen molar-refractivity contribution in [3.63, 3.8) is 0 Å². The number of hydrogen-bond acceptors (Lipinski definition) is 8. The quantitative estimate of drug-likeness (QED) is 0.399. The molecule has 4 aromatic rings. The number of methoxy groups -OCH3 is 3. The van der Waals surface area contributed by atoms with Gasteiger partial charge < -0.3 is 28.5 Å². The van der Waals surface area contributed by atoms with Gasteiger partial charge in [0.2, 0.25) is 5.91 Å². The zero-order valence-electron chi connectivity index (χ0n) is 18.0. The highest BCUT2D eigenvalue weighted by molar-refractivity contribution is 7.99. The van der Waals surface area contributed by atoms with Gasteiger partial charge in [-0.05, 0) is 24.3 Å². The summed E-state index contributed by atoms with van der Waals surface area (Å²) in [5.74, 6) is 2.87. The number of rotatable bonds is 8. The van der Waals surface area contributed by atoms with Crippen LogP contribution in [0.5, 0.6) is 17.2 Å². The minimum atomic E-state index is -0.209. The van der Waals surface area contributed by atoms with Crippen LogP contribution in [0.4, 0.5) is 5.69 Å². The van der Waals surface area contributed by atoms with Crippen molar-refractivity contribution < 1.29 is 23.4 Å². The normalized spacial score (nSPS) is 10.9. The molecule has 0 fully saturated rings. The predicted octanol–water partition coefficient (Wildman–Crippen LogP) is 3.98. The highest BCUT2D eigenvalue weighted by Crippen LogP contribution is 2.33. The van der Waals surface area contributed by atoms with E-state index in [4.69, 9.17) is 18.6 Å². The lowest BCUT2D eigenvalue weighted by molar-refractivity contribution is -0.113. The minimum absolute atomic E-state index is 0.139. The van der Waals surface area contributed by atoms with Crippen molar-refractivity contribution in [1.29, 1.82) is 0 Å². The van der Waals surface area contributed by atoms with Gasteiger partial charge in [-0.2, -0.15) is 0 Å². The molecule has 0 saturated carbocycles. The Balaban J connectivity index is 1.47. The lowest BCUT2D eigenvalue weighted by Gasteiger charge is -2.11. The Morgan fingerprint density at radius 2 is 1.88 bits per heavy atom. The Kier molecular flexibility index (Phi) is 6.22. The molecular weight excluding hydrogens is 432 g/mol. The van der Waals surface area contributed by atoms with E-state index in [-0.39, 0.29) is 11.7 Å². The highest BCUT2D eigenvalue weighted by Gasteiger charge is 2.18. The van der Waals surface area contributed by atoms with E-state index in [1.807, 2.05) is 31.3 Å². The van der Waals surface area contributed by atoms with E-state index in [9.17, 15) is 4.79 Å². The fraction of sp³-hybridized carbons (Fsp3) is 0.227. The number of aromatic nitrogens is 3. The van der Waals surface area contributed by atoms with Gasteiger partial charge >= 0.3 is 0 Å². The molecule has 10 heteroatoms. The Hall–Kier alpha value is -3.66. The van der Waals surface area contributed by atoms with Crippen LogP contribution in [0, 0.1) is 0 Å². The van der Waals surface area contributed by atoms with Gasteiger partial charge in [0.15, 0.2) is 28.1 Å². The average molecular weight is 455 g/mol. The molecule has 9 nitrogen and oxygen atoms in total. The molecule has 32 heavy (non-hydrogen) atoms. The second-order valence-electron chi connectivity index (χ2n) is 6.76. The molecule has 2 aromatic carbocycles. The molecule has 0 unspecified atom stereocenters. The maximum atomic E-state index is 12.5. The average Bonchev–Trinajstić information content (AvgIpc) is 3.40. The Morgan fingerprint density at radius 1 is 1.06 bits per heavy atom. The summed E-state index contributed by atoms with van der Waals surface area (Å²) in [5.41, 5.74) is 1.18. The number of para-hydroxylation sites is 1. The number of thioether (sulfide) groups is 1. The van der Waals surface area contributed by atoms with Crippen LogP contribution in [0.15, 0.2) is 52.0 Å². The number of hydrogen-bond donors (Lipinski definition) is 1. The predicted molar refractivity (Wildman–Crippen MR) is 122 cm³/mol. The summed E-state index contributed by atoms with van der Waals surface area (Å²) in [5, 5.41) is 12.8. The molecule has 0 aliphatic carbocycles. The maximum absolute atomic E-state index is 12.5. The van der Waals surface area contributed by atoms with Crippen molar-refractivity contribution in [3.8, 4) is 28.8 Å². The van der Waals surface area contributed by atoms with Crippen LogP contribution in [0.1, 0.15) is 0 Å². The van der Waals surface area contributed by atoms with Gasteiger partial charge in [-0.3, -0.25) is 4.79 Å². The number of ether oxygens (including phenoxy) is 3. The first-order valence-electron chi connectivity index (χ1n) is 9.65. The number of nitrogens with one attached hydrogen (secondary N) is 1. The molecule has 4 rings (SSSR count). The fourth-order valence-electron chi connectivity index (χ4n) is 3.19. The van der Waals surface area contributed by atoms with Gasteiger partial charge in [-0.1, -0.05) is 23.9 Å². The first kappa shape index (κ1) is 21.6. The van der Waals surface area contributed by atoms with Crippen molar-refractivity contribution in [2.45, 2.75) is 5.16 Å². The van der Waals surface area contributed by atoms with Crippen molar-refractivity contribution in [3.05, 3.63) is 42.5 Å². The van der Waals surface area contributed by atoms with Crippen LogP contribution in [0.25, 0.3) is 22.6 Å². The van der Waals surface area contributed by atoms with Gasteiger partial charge in [-0.25, -0.2) is 0 Å². The Bertz CT molecular complexity index is 1270. The molecule has 0 bridgehead atoms.